The Balaban J connectivity index is 1.67. The van der Waals surface area contributed by atoms with Crippen LogP contribution in [0, 0.1) is 13.8 Å². The van der Waals surface area contributed by atoms with Crippen molar-refractivity contribution in [3.8, 4) is 0 Å². The number of benzene rings is 1. The van der Waals surface area contributed by atoms with Gasteiger partial charge in [-0.1, -0.05) is 18.2 Å². The van der Waals surface area contributed by atoms with Gasteiger partial charge in [0.2, 0.25) is 0 Å². The highest BCUT2D eigenvalue weighted by molar-refractivity contribution is 5.81. The molecule has 0 amide bonds. The molecule has 6 heteroatoms. The van der Waals surface area contributed by atoms with Crippen LogP contribution in [0.25, 0.3) is 10.9 Å². The van der Waals surface area contributed by atoms with Crippen molar-refractivity contribution in [2.45, 2.75) is 46.7 Å². The minimum Gasteiger partial charge on any atom is -0.357 e. The molecule has 1 atom stereocenters. The van der Waals surface area contributed by atoms with Crippen molar-refractivity contribution in [1.82, 2.24) is 25.4 Å². The lowest BCUT2D eigenvalue weighted by atomic mass is 10.1. The third-order valence-electron chi connectivity index (χ3n) is 4.89. The van der Waals surface area contributed by atoms with Gasteiger partial charge in [0.15, 0.2) is 5.96 Å². The third kappa shape index (κ3) is 4.51. The number of nitrogens with zero attached hydrogens (tertiary/aromatic N) is 3. The summed E-state index contributed by atoms with van der Waals surface area (Å²) >= 11 is 0. The molecule has 3 aromatic rings. The molecule has 1 unspecified atom stereocenters. The molecule has 1 aromatic carbocycles. The van der Waals surface area contributed by atoms with E-state index < -0.39 is 0 Å². The molecule has 0 aliphatic heterocycles. The summed E-state index contributed by atoms with van der Waals surface area (Å²) < 4.78 is 1.95. The topological polar surface area (TPSA) is 70.0 Å². The molecular weight excluding hydrogens is 336 g/mol. The van der Waals surface area contributed by atoms with E-state index in [1.54, 1.807) is 0 Å². The van der Waals surface area contributed by atoms with E-state index in [9.17, 15) is 0 Å². The molecule has 0 bridgehead atoms. The predicted octanol–water partition coefficient (Wildman–Crippen LogP) is 3.20. The molecule has 27 heavy (non-hydrogen) atoms. The molecule has 0 aliphatic carbocycles. The van der Waals surface area contributed by atoms with Gasteiger partial charge >= 0.3 is 0 Å². The second-order valence-corrected chi connectivity index (χ2v) is 7.10. The minimum atomic E-state index is 0.257. The summed E-state index contributed by atoms with van der Waals surface area (Å²) in [6.07, 6.45) is 0.919. The fourth-order valence-electron chi connectivity index (χ4n) is 3.41. The zero-order valence-corrected chi connectivity index (χ0v) is 16.9. The Labute approximate surface area is 161 Å². The van der Waals surface area contributed by atoms with Crippen LogP contribution in [0.4, 0.5) is 0 Å². The smallest absolute Gasteiger partial charge is 0.191 e. The number of hydrogen-bond acceptors (Lipinski definition) is 2. The van der Waals surface area contributed by atoms with Crippen LogP contribution in [0.3, 0.4) is 0 Å². The Bertz CT molecular complexity index is 900. The standard InChI is InChI=1S/C21H30N6/c1-6-22-21(23-13-18-12-17-9-7-8-10-20(17)25-18)24-14(2)11-19-15(3)26-27(5)16(19)4/h7-10,12,14,25H,6,11,13H2,1-5H3,(H2,22,23,24). The van der Waals surface area contributed by atoms with Crippen molar-refractivity contribution >= 4 is 16.9 Å². The fraction of sp³-hybridized carbons (Fsp3) is 0.429. The predicted molar refractivity (Wildman–Crippen MR) is 112 cm³/mol. The average Bonchev–Trinajstić information content (AvgIpc) is 3.15. The Morgan fingerprint density at radius 2 is 2.07 bits per heavy atom. The van der Waals surface area contributed by atoms with Crippen LogP contribution in [0.5, 0.6) is 0 Å². The molecule has 0 spiro atoms. The number of para-hydroxylation sites is 1. The molecule has 0 radical (unpaired) electrons. The van der Waals surface area contributed by atoms with E-state index in [-0.39, 0.29) is 6.04 Å². The Morgan fingerprint density at radius 1 is 1.30 bits per heavy atom. The summed E-state index contributed by atoms with van der Waals surface area (Å²) in [5.74, 6) is 0.836. The second-order valence-electron chi connectivity index (χ2n) is 7.10. The van der Waals surface area contributed by atoms with Gasteiger partial charge in [0.05, 0.1) is 12.2 Å². The summed E-state index contributed by atoms with van der Waals surface area (Å²) in [4.78, 5) is 8.18. The Morgan fingerprint density at radius 3 is 2.74 bits per heavy atom. The maximum absolute atomic E-state index is 4.75. The number of fused-ring (bicyclic) bond motifs is 1. The van der Waals surface area contributed by atoms with E-state index in [2.05, 4.69) is 72.7 Å². The molecule has 2 heterocycles. The lowest BCUT2D eigenvalue weighted by Gasteiger charge is -2.18. The molecule has 0 saturated carbocycles. The number of aromatic amines is 1. The zero-order valence-electron chi connectivity index (χ0n) is 16.9. The number of aryl methyl sites for hydroxylation is 2. The van der Waals surface area contributed by atoms with Gasteiger partial charge in [-0.2, -0.15) is 5.10 Å². The van der Waals surface area contributed by atoms with Gasteiger partial charge in [-0.3, -0.25) is 4.68 Å². The highest BCUT2D eigenvalue weighted by Gasteiger charge is 2.14. The second kappa shape index (κ2) is 8.29. The molecule has 0 saturated heterocycles. The quantitative estimate of drug-likeness (QED) is 0.463. The monoisotopic (exact) mass is 366 g/mol. The van der Waals surface area contributed by atoms with Crippen molar-refractivity contribution in [3.05, 3.63) is 53.0 Å². The number of rotatable bonds is 6. The first-order chi connectivity index (χ1) is 13.0. The summed E-state index contributed by atoms with van der Waals surface area (Å²) in [6.45, 7) is 9.90. The number of nitrogens with one attached hydrogen (secondary N) is 3. The first kappa shape index (κ1) is 19.0. The summed E-state index contributed by atoms with van der Waals surface area (Å²) in [7, 11) is 2.00. The largest absolute Gasteiger partial charge is 0.357 e. The van der Waals surface area contributed by atoms with Crippen LogP contribution in [0.2, 0.25) is 0 Å². The van der Waals surface area contributed by atoms with Crippen LogP contribution >= 0.6 is 0 Å². The van der Waals surface area contributed by atoms with Gasteiger partial charge in [-0.15, -0.1) is 0 Å². The zero-order chi connectivity index (χ0) is 19.4. The number of guanidine groups is 1. The van der Waals surface area contributed by atoms with Gasteiger partial charge in [-0.05, 0) is 57.2 Å². The third-order valence-corrected chi connectivity index (χ3v) is 4.89. The molecule has 3 N–H and O–H groups in total. The number of H-pyrrole nitrogens is 1. The molecule has 0 aliphatic rings. The SMILES string of the molecule is CCNC(=NCc1cc2ccccc2[nH]1)NC(C)Cc1c(C)nn(C)c1C. The van der Waals surface area contributed by atoms with E-state index >= 15 is 0 Å². The maximum Gasteiger partial charge on any atom is 0.191 e. The van der Waals surface area contributed by atoms with E-state index in [1.807, 2.05) is 17.8 Å². The van der Waals surface area contributed by atoms with Crippen LogP contribution in [0.15, 0.2) is 35.3 Å². The van der Waals surface area contributed by atoms with Crippen LogP contribution in [-0.4, -0.2) is 33.3 Å². The first-order valence-electron chi connectivity index (χ1n) is 9.58. The van der Waals surface area contributed by atoms with Crippen LogP contribution in [-0.2, 0) is 20.0 Å². The Hall–Kier alpha value is -2.76. The lowest BCUT2D eigenvalue weighted by Crippen LogP contribution is -2.43. The summed E-state index contributed by atoms with van der Waals surface area (Å²) in [6, 6.07) is 10.7. The van der Waals surface area contributed by atoms with Crippen molar-refractivity contribution in [2.75, 3.05) is 6.54 Å². The number of aromatic nitrogens is 3. The fourth-order valence-corrected chi connectivity index (χ4v) is 3.41. The average molecular weight is 367 g/mol. The van der Waals surface area contributed by atoms with Crippen molar-refractivity contribution in [3.63, 3.8) is 0 Å². The molecular formula is C21H30N6. The molecule has 0 fully saturated rings. The van der Waals surface area contributed by atoms with Crippen LogP contribution < -0.4 is 10.6 Å². The van der Waals surface area contributed by atoms with Gasteiger partial charge in [0.25, 0.3) is 0 Å². The van der Waals surface area contributed by atoms with Crippen molar-refractivity contribution in [1.29, 1.82) is 0 Å². The lowest BCUT2D eigenvalue weighted by molar-refractivity contribution is 0.635. The first-order valence-corrected chi connectivity index (χ1v) is 9.58. The van der Waals surface area contributed by atoms with Crippen molar-refractivity contribution < 1.29 is 0 Å². The summed E-state index contributed by atoms with van der Waals surface area (Å²) in [5, 5.41) is 12.6. The molecule has 144 valence electrons. The highest BCUT2D eigenvalue weighted by Crippen LogP contribution is 2.16. The van der Waals surface area contributed by atoms with Gasteiger partial charge in [0.1, 0.15) is 0 Å². The maximum atomic E-state index is 4.75. The van der Waals surface area contributed by atoms with Gasteiger partial charge < -0.3 is 15.6 Å². The molecule has 3 rings (SSSR count). The summed E-state index contributed by atoms with van der Waals surface area (Å²) in [5.41, 5.74) is 5.89. The van der Waals surface area contributed by atoms with E-state index in [0.29, 0.717) is 6.54 Å². The normalized spacial score (nSPS) is 13.1. The van der Waals surface area contributed by atoms with E-state index in [0.717, 1.165) is 35.8 Å². The number of hydrogen-bond donors (Lipinski definition) is 3. The van der Waals surface area contributed by atoms with E-state index in [1.165, 1.54) is 16.6 Å². The van der Waals surface area contributed by atoms with Crippen molar-refractivity contribution in [2.24, 2.45) is 12.0 Å². The molecule has 2 aromatic heterocycles. The Kier molecular flexibility index (Phi) is 5.84. The number of aliphatic imine (C=N–C) groups is 1. The van der Waals surface area contributed by atoms with Gasteiger partial charge in [-0.25, -0.2) is 4.99 Å². The van der Waals surface area contributed by atoms with Gasteiger partial charge in [0, 0.05) is 36.5 Å². The minimum absolute atomic E-state index is 0.257. The van der Waals surface area contributed by atoms with Crippen LogP contribution in [0.1, 0.15) is 36.5 Å². The van der Waals surface area contributed by atoms with E-state index in [4.69, 9.17) is 4.99 Å². The molecule has 6 nitrogen and oxygen atoms in total. The highest BCUT2D eigenvalue weighted by atomic mass is 15.3.